The van der Waals surface area contributed by atoms with Gasteiger partial charge in [-0.25, -0.2) is 14.6 Å². The number of benzene rings is 1. The molecule has 1 N–H and O–H groups in total. The standard InChI is InChI=1S/C18H18N4O/c1-11-20-14(10-23)7-17(21-11)22-16-6-12(2-3-13(16)9-19-22)15-8-18(15)4-5-18/h2-3,6-7,9,15,23H,4-5,8,10H2,1H3/t15-/m0/s1. The first-order valence-corrected chi connectivity index (χ1v) is 8.12. The van der Waals surface area contributed by atoms with Crippen molar-refractivity contribution in [2.75, 3.05) is 0 Å². The Hall–Kier alpha value is -2.27. The first-order valence-electron chi connectivity index (χ1n) is 8.12. The summed E-state index contributed by atoms with van der Waals surface area (Å²) in [6, 6.07) is 8.46. The predicted octanol–water partition coefficient (Wildman–Crippen LogP) is 2.88. The zero-order chi connectivity index (χ0) is 15.6. The minimum absolute atomic E-state index is 0.0919. The molecule has 2 heterocycles. The normalized spacial score (nSPS) is 21.0. The van der Waals surface area contributed by atoms with Gasteiger partial charge in [0, 0.05) is 11.5 Å². The van der Waals surface area contributed by atoms with Crippen molar-refractivity contribution in [3.63, 3.8) is 0 Å². The monoisotopic (exact) mass is 306 g/mol. The third kappa shape index (κ3) is 2.00. The molecular formula is C18H18N4O. The maximum atomic E-state index is 9.37. The second-order valence-electron chi connectivity index (χ2n) is 6.92. The summed E-state index contributed by atoms with van der Waals surface area (Å²) < 4.78 is 1.86. The molecule has 0 saturated heterocycles. The third-order valence-corrected chi connectivity index (χ3v) is 5.34. The molecule has 5 nitrogen and oxygen atoms in total. The van der Waals surface area contributed by atoms with Gasteiger partial charge in [-0.15, -0.1) is 0 Å². The molecule has 2 aliphatic carbocycles. The quantitative estimate of drug-likeness (QED) is 0.808. The lowest BCUT2D eigenvalue weighted by Crippen LogP contribution is -2.05. The van der Waals surface area contributed by atoms with Gasteiger partial charge in [-0.2, -0.15) is 5.10 Å². The van der Waals surface area contributed by atoms with E-state index in [1.54, 1.807) is 6.07 Å². The number of aliphatic hydroxyl groups is 1. The Morgan fingerprint density at radius 2 is 2.13 bits per heavy atom. The number of aromatic nitrogens is 4. The molecule has 0 bridgehead atoms. The van der Waals surface area contributed by atoms with Crippen LogP contribution < -0.4 is 0 Å². The Bertz CT molecular complexity index is 926. The summed E-state index contributed by atoms with van der Waals surface area (Å²) in [5.41, 5.74) is 3.76. The maximum Gasteiger partial charge on any atom is 0.158 e. The molecule has 2 fully saturated rings. The Labute approximate surface area is 134 Å². The number of rotatable bonds is 3. The van der Waals surface area contributed by atoms with Crippen molar-refractivity contribution in [3.8, 4) is 5.82 Å². The predicted molar refractivity (Wildman–Crippen MR) is 86.3 cm³/mol. The van der Waals surface area contributed by atoms with Crippen molar-refractivity contribution < 1.29 is 5.11 Å². The summed E-state index contributed by atoms with van der Waals surface area (Å²) in [5, 5.41) is 15.0. The van der Waals surface area contributed by atoms with Crippen LogP contribution in [0.25, 0.3) is 16.7 Å². The van der Waals surface area contributed by atoms with Crippen molar-refractivity contribution in [1.29, 1.82) is 0 Å². The van der Waals surface area contributed by atoms with Crippen molar-refractivity contribution in [2.45, 2.75) is 38.7 Å². The van der Waals surface area contributed by atoms with Gasteiger partial charge in [0.1, 0.15) is 5.82 Å². The summed E-state index contributed by atoms with van der Waals surface area (Å²) in [7, 11) is 0. The molecule has 1 aromatic carbocycles. The van der Waals surface area contributed by atoms with Crippen LogP contribution in [0, 0.1) is 12.3 Å². The van der Waals surface area contributed by atoms with Gasteiger partial charge >= 0.3 is 0 Å². The largest absolute Gasteiger partial charge is 0.390 e. The highest BCUT2D eigenvalue weighted by Gasteiger charge is 2.62. The highest BCUT2D eigenvalue weighted by Crippen LogP contribution is 2.75. The topological polar surface area (TPSA) is 63.8 Å². The van der Waals surface area contributed by atoms with Gasteiger partial charge in [0.25, 0.3) is 0 Å². The fraction of sp³-hybridized carbons (Fsp3) is 0.389. The van der Waals surface area contributed by atoms with Crippen LogP contribution >= 0.6 is 0 Å². The summed E-state index contributed by atoms with van der Waals surface area (Å²) >= 11 is 0. The Morgan fingerprint density at radius 3 is 2.87 bits per heavy atom. The number of hydrogen-bond acceptors (Lipinski definition) is 4. The van der Waals surface area contributed by atoms with Gasteiger partial charge in [0.05, 0.1) is 24.0 Å². The molecule has 0 aliphatic heterocycles. The second-order valence-corrected chi connectivity index (χ2v) is 6.92. The highest BCUT2D eigenvalue weighted by molar-refractivity contribution is 5.81. The van der Waals surface area contributed by atoms with Gasteiger partial charge in [0.15, 0.2) is 5.82 Å². The van der Waals surface area contributed by atoms with Gasteiger partial charge in [-0.1, -0.05) is 12.1 Å². The molecule has 5 heteroatoms. The lowest BCUT2D eigenvalue weighted by molar-refractivity contribution is 0.276. The maximum absolute atomic E-state index is 9.37. The molecule has 1 spiro atoms. The van der Waals surface area contributed by atoms with E-state index in [2.05, 4.69) is 33.3 Å². The van der Waals surface area contributed by atoms with Crippen LogP contribution in [0.15, 0.2) is 30.5 Å². The highest BCUT2D eigenvalue weighted by atomic mass is 16.3. The molecule has 1 atom stereocenters. The minimum atomic E-state index is -0.0919. The number of nitrogens with zero attached hydrogens (tertiary/aromatic N) is 4. The van der Waals surface area contributed by atoms with Crippen LogP contribution in [-0.2, 0) is 6.61 Å². The summed E-state index contributed by atoms with van der Waals surface area (Å²) in [4.78, 5) is 8.71. The van der Waals surface area contributed by atoms with E-state index in [1.165, 1.54) is 24.8 Å². The van der Waals surface area contributed by atoms with Crippen LogP contribution in [0.3, 0.4) is 0 Å². The molecule has 116 valence electrons. The van der Waals surface area contributed by atoms with E-state index >= 15 is 0 Å². The minimum Gasteiger partial charge on any atom is -0.390 e. The SMILES string of the molecule is Cc1nc(CO)cc(-n2ncc3ccc([C@@H]4CC45CC5)cc32)n1. The Balaban J connectivity index is 1.63. The van der Waals surface area contributed by atoms with Crippen LogP contribution in [0.1, 0.15) is 42.3 Å². The lowest BCUT2D eigenvalue weighted by atomic mass is 10.1. The van der Waals surface area contributed by atoms with Crippen LogP contribution in [0.2, 0.25) is 0 Å². The zero-order valence-corrected chi connectivity index (χ0v) is 13.0. The van der Waals surface area contributed by atoms with E-state index in [9.17, 15) is 5.11 Å². The van der Waals surface area contributed by atoms with Gasteiger partial charge in [-0.3, -0.25) is 0 Å². The zero-order valence-electron chi connectivity index (χ0n) is 13.0. The van der Waals surface area contributed by atoms with Crippen LogP contribution in [0.4, 0.5) is 0 Å². The first-order chi connectivity index (χ1) is 11.2. The number of aryl methyl sites for hydroxylation is 1. The van der Waals surface area contributed by atoms with Crippen molar-refractivity contribution in [1.82, 2.24) is 19.7 Å². The van der Waals surface area contributed by atoms with E-state index in [4.69, 9.17) is 0 Å². The molecule has 2 aromatic heterocycles. The summed E-state index contributed by atoms with van der Waals surface area (Å²) in [5.74, 6) is 2.09. The van der Waals surface area contributed by atoms with E-state index in [1.807, 2.05) is 17.8 Å². The Kier molecular flexibility index (Phi) is 2.52. The van der Waals surface area contributed by atoms with E-state index < -0.39 is 0 Å². The summed E-state index contributed by atoms with van der Waals surface area (Å²) in [6.45, 7) is 1.74. The molecule has 3 aromatic rings. The molecule has 2 aliphatic rings. The second kappa shape index (κ2) is 4.38. The first kappa shape index (κ1) is 13.2. The third-order valence-electron chi connectivity index (χ3n) is 5.34. The van der Waals surface area contributed by atoms with E-state index in [0.717, 1.165) is 16.8 Å². The van der Waals surface area contributed by atoms with E-state index in [0.29, 0.717) is 22.8 Å². The molecular weight excluding hydrogens is 288 g/mol. The number of hydrogen-bond donors (Lipinski definition) is 1. The molecule has 0 unspecified atom stereocenters. The van der Waals surface area contributed by atoms with Crippen LogP contribution in [-0.4, -0.2) is 24.9 Å². The average Bonchev–Trinajstić information content (AvgIpc) is 3.45. The Morgan fingerprint density at radius 1 is 1.26 bits per heavy atom. The smallest absolute Gasteiger partial charge is 0.158 e. The molecule has 23 heavy (non-hydrogen) atoms. The fourth-order valence-corrected chi connectivity index (χ4v) is 3.77. The van der Waals surface area contributed by atoms with Crippen molar-refractivity contribution in [3.05, 3.63) is 47.5 Å². The van der Waals surface area contributed by atoms with Crippen LogP contribution in [0.5, 0.6) is 0 Å². The summed E-state index contributed by atoms with van der Waals surface area (Å²) in [6.07, 6.45) is 5.99. The van der Waals surface area contributed by atoms with Gasteiger partial charge in [-0.05, 0) is 49.1 Å². The van der Waals surface area contributed by atoms with Crippen molar-refractivity contribution in [2.24, 2.45) is 5.41 Å². The fourth-order valence-electron chi connectivity index (χ4n) is 3.77. The number of fused-ring (bicyclic) bond motifs is 1. The molecule has 0 amide bonds. The average molecular weight is 306 g/mol. The molecule has 0 radical (unpaired) electrons. The number of aliphatic hydroxyl groups excluding tert-OH is 1. The van der Waals surface area contributed by atoms with Gasteiger partial charge < -0.3 is 5.11 Å². The molecule has 5 rings (SSSR count). The van der Waals surface area contributed by atoms with E-state index in [-0.39, 0.29) is 6.61 Å². The lowest BCUT2D eigenvalue weighted by Gasteiger charge is -2.07. The van der Waals surface area contributed by atoms with Crippen molar-refractivity contribution >= 4 is 10.9 Å². The van der Waals surface area contributed by atoms with Gasteiger partial charge in [0.2, 0.25) is 0 Å². The molecule has 2 saturated carbocycles.